The van der Waals surface area contributed by atoms with Crippen LogP contribution in [-0.2, 0) is 42.4 Å². The van der Waals surface area contributed by atoms with E-state index in [1.807, 2.05) is 41.4 Å². The van der Waals surface area contributed by atoms with Crippen molar-refractivity contribution in [3.8, 4) is 5.75 Å². The molecule has 274 valence electrons. The van der Waals surface area contributed by atoms with Crippen LogP contribution in [0.2, 0.25) is 18.6 Å². The zero-order valence-corrected chi connectivity index (χ0v) is 31.3. The Morgan fingerprint density at radius 2 is 1.90 bits per heavy atom. The number of hydrogen-bond donors (Lipinski definition) is 2. The van der Waals surface area contributed by atoms with Gasteiger partial charge in [0.05, 0.1) is 46.3 Å². The Balaban J connectivity index is 1.41. The fourth-order valence-electron chi connectivity index (χ4n) is 8.42. The molecular weight excluding hydrogens is 669 g/mol. The molecule has 13 nitrogen and oxygen atoms in total. The summed E-state index contributed by atoms with van der Waals surface area (Å²) in [6, 6.07) is 14.2. The first kappa shape index (κ1) is 36.7. The number of aliphatic hydroxyl groups is 1. The number of nitrogens with one attached hydrogen (secondary N) is 1. The summed E-state index contributed by atoms with van der Waals surface area (Å²) in [6.45, 7) is 9.28. The second kappa shape index (κ2) is 15.2. The number of carbonyl (C=O) groups excluding carboxylic acids is 3. The number of unbranched alkanes of at least 4 members (excludes halogenated alkanes) is 1. The van der Waals surface area contributed by atoms with Crippen LogP contribution < -0.4 is 25.0 Å². The maximum absolute atomic E-state index is 15.1. The number of rotatable bonds is 14. The molecule has 0 aliphatic carbocycles. The zero-order valence-electron chi connectivity index (χ0n) is 30.3. The van der Waals surface area contributed by atoms with Crippen LogP contribution in [0.15, 0.2) is 48.7 Å². The molecule has 0 radical (unpaired) electrons. The first-order valence-electron chi connectivity index (χ1n) is 17.9. The predicted molar refractivity (Wildman–Crippen MR) is 195 cm³/mol. The number of ether oxygens (including phenoxy) is 3. The van der Waals surface area contributed by atoms with Crippen LogP contribution >= 0.6 is 0 Å². The van der Waals surface area contributed by atoms with Gasteiger partial charge in [-0.05, 0) is 55.1 Å². The Bertz CT molecular complexity index is 1730. The highest BCUT2D eigenvalue weighted by molar-refractivity contribution is 6.91. The van der Waals surface area contributed by atoms with Crippen molar-refractivity contribution in [3.05, 3.63) is 59.9 Å². The molecule has 51 heavy (non-hydrogen) atoms. The van der Waals surface area contributed by atoms with Gasteiger partial charge in [0.2, 0.25) is 5.91 Å². The van der Waals surface area contributed by atoms with Crippen molar-refractivity contribution < 1.29 is 33.7 Å². The molecule has 1 aromatic heterocycles. The number of amides is 2. The molecule has 2 saturated heterocycles. The summed E-state index contributed by atoms with van der Waals surface area (Å²) in [7, 11) is 0.662. The summed E-state index contributed by atoms with van der Waals surface area (Å²) in [5.41, 5.74) is 1.78. The lowest BCUT2D eigenvalue weighted by atomic mass is 9.82. The third kappa shape index (κ3) is 6.94. The molecule has 2 N–H and O–H groups in total. The zero-order chi connectivity index (χ0) is 36.3. The van der Waals surface area contributed by atoms with Crippen molar-refractivity contribution in [2.24, 2.45) is 5.92 Å². The highest BCUT2D eigenvalue weighted by atomic mass is 28.3. The van der Waals surface area contributed by atoms with Crippen LogP contribution in [0.1, 0.15) is 43.9 Å². The summed E-state index contributed by atoms with van der Waals surface area (Å²) in [5, 5.41) is 22.3. The lowest BCUT2D eigenvalue weighted by Crippen LogP contribution is -2.52. The molecule has 0 saturated carbocycles. The summed E-state index contributed by atoms with van der Waals surface area (Å²) >= 11 is 0. The number of nitrogens with zero attached hydrogens (tertiary/aromatic N) is 5. The molecule has 3 aromatic rings. The number of aromatic nitrogens is 3. The SMILES string of the molecule is COC(=O)CCCCN1C(=O)[C@]2(O[C@H](CCn3cc(CCO)nn3)[C@@H]([Si](C)(C)c3ccc(OC)cc3)[C@@H]2C)c2cc(N3CCNCC3=O)ccc21. The third-order valence-electron chi connectivity index (χ3n) is 11.1. The second-order valence-corrected chi connectivity index (χ2v) is 19.0. The normalized spacial score (nSPS) is 23.3. The Labute approximate surface area is 300 Å². The molecule has 0 unspecified atom stereocenters. The van der Waals surface area contributed by atoms with Gasteiger partial charge in [0.15, 0.2) is 5.60 Å². The largest absolute Gasteiger partial charge is 0.497 e. The minimum atomic E-state index is -2.38. The van der Waals surface area contributed by atoms with E-state index < -0.39 is 13.7 Å². The number of aryl methyl sites for hydroxylation is 1. The summed E-state index contributed by atoms with van der Waals surface area (Å²) in [6.07, 6.45) is 4.07. The average Bonchev–Trinajstić information content (AvgIpc) is 3.78. The van der Waals surface area contributed by atoms with Gasteiger partial charge in [-0.2, -0.15) is 0 Å². The van der Waals surface area contributed by atoms with Gasteiger partial charge < -0.3 is 34.4 Å². The minimum Gasteiger partial charge on any atom is -0.497 e. The molecule has 4 heterocycles. The maximum Gasteiger partial charge on any atom is 0.305 e. The molecule has 6 rings (SSSR count). The fraction of sp³-hybridized carbons (Fsp3) is 0.541. The fourth-order valence-corrected chi connectivity index (χ4v) is 12.5. The Hall–Kier alpha value is -4.11. The van der Waals surface area contributed by atoms with Crippen molar-refractivity contribution >= 4 is 42.4 Å². The van der Waals surface area contributed by atoms with E-state index in [9.17, 15) is 14.7 Å². The number of piperazine rings is 1. The van der Waals surface area contributed by atoms with Gasteiger partial charge in [-0.15, -0.1) is 5.10 Å². The van der Waals surface area contributed by atoms with Gasteiger partial charge >= 0.3 is 5.97 Å². The topological polar surface area (TPSA) is 148 Å². The molecule has 1 spiro atoms. The van der Waals surface area contributed by atoms with Crippen LogP contribution in [0.5, 0.6) is 5.75 Å². The van der Waals surface area contributed by atoms with Crippen molar-refractivity contribution in [2.75, 3.05) is 56.8 Å². The van der Waals surface area contributed by atoms with Gasteiger partial charge in [-0.1, -0.05) is 42.6 Å². The molecule has 4 atom stereocenters. The molecule has 3 aliphatic rings. The van der Waals surface area contributed by atoms with Gasteiger partial charge in [-0.3, -0.25) is 19.1 Å². The van der Waals surface area contributed by atoms with Crippen LogP contribution in [0, 0.1) is 5.92 Å². The van der Waals surface area contributed by atoms with Crippen molar-refractivity contribution in [1.29, 1.82) is 0 Å². The monoisotopic (exact) mass is 718 g/mol. The third-order valence-corrected chi connectivity index (χ3v) is 15.4. The van der Waals surface area contributed by atoms with E-state index in [-0.39, 0.29) is 54.9 Å². The first-order chi connectivity index (χ1) is 24.5. The van der Waals surface area contributed by atoms with E-state index in [1.165, 1.54) is 12.3 Å². The number of carbonyl (C=O) groups is 3. The predicted octanol–water partition coefficient (Wildman–Crippen LogP) is 2.75. The second-order valence-electron chi connectivity index (χ2n) is 14.3. The molecule has 2 aromatic carbocycles. The van der Waals surface area contributed by atoms with E-state index in [0.29, 0.717) is 51.9 Å². The van der Waals surface area contributed by atoms with Gasteiger partial charge in [-0.25, -0.2) is 0 Å². The quantitative estimate of drug-likeness (QED) is 0.145. The van der Waals surface area contributed by atoms with Crippen molar-refractivity contribution in [2.45, 2.75) is 75.9 Å². The Kier molecular flexibility index (Phi) is 11.0. The van der Waals surface area contributed by atoms with E-state index in [1.54, 1.807) is 16.7 Å². The lowest BCUT2D eigenvalue weighted by molar-refractivity contribution is -0.146. The van der Waals surface area contributed by atoms with Gasteiger partial charge in [0.1, 0.15) is 5.75 Å². The number of benzene rings is 2. The maximum atomic E-state index is 15.1. The van der Waals surface area contributed by atoms with E-state index in [4.69, 9.17) is 14.2 Å². The van der Waals surface area contributed by atoms with E-state index >= 15 is 4.79 Å². The molecule has 3 aliphatic heterocycles. The van der Waals surface area contributed by atoms with Crippen LogP contribution in [0.25, 0.3) is 0 Å². The van der Waals surface area contributed by atoms with Gasteiger partial charge in [0, 0.05) is 69.0 Å². The van der Waals surface area contributed by atoms with Crippen molar-refractivity contribution in [3.63, 3.8) is 0 Å². The van der Waals surface area contributed by atoms with Crippen LogP contribution in [0.3, 0.4) is 0 Å². The number of methoxy groups -OCH3 is 2. The molecular formula is C37H50N6O7Si. The number of fused-ring (bicyclic) bond motifs is 2. The lowest BCUT2D eigenvalue weighted by Gasteiger charge is -2.37. The van der Waals surface area contributed by atoms with Crippen LogP contribution in [-0.4, -0.2) is 99.1 Å². The van der Waals surface area contributed by atoms with E-state index in [0.717, 1.165) is 28.4 Å². The molecule has 2 fully saturated rings. The Morgan fingerprint density at radius 1 is 1.12 bits per heavy atom. The summed E-state index contributed by atoms with van der Waals surface area (Å²) in [5.74, 6) is 0.175. The Morgan fingerprint density at radius 3 is 2.61 bits per heavy atom. The average molecular weight is 719 g/mol. The first-order valence-corrected chi connectivity index (χ1v) is 21.0. The smallest absolute Gasteiger partial charge is 0.305 e. The number of hydrogen-bond acceptors (Lipinski definition) is 10. The number of anilines is 2. The highest BCUT2D eigenvalue weighted by Gasteiger charge is 2.66. The molecule has 0 bridgehead atoms. The highest BCUT2D eigenvalue weighted by Crippen LogP contribution is 2.60. The molecule has 14 heteroatoms. The minimum absolute atomic E-state index is 0.00355. The van der Waals surface area contributed by atoms with Crippen LogP contribution in [0.4, 0.5) is 11.4 Å². The number of aliphatic hydroxyl groups excluding tert-OH is 1. The number of esters is 1. The van der Waals surface area contributed by atoms with Gasteiger partial charge in [0.25, 0.3) is 5.91 Å². The summed E-state index contributed by atoms with van der Waals surface area (Å²) in [4.78, 5) is 43.6. The molecule has 2 amide bonds. The standard InChI is InChI=1S/C37H50N6O7Si/c1-25-35(51(4,5)29-12-10-28(48-2)11-13-29)32(15-19-41-24-26(16-21-44)39-40-41)50-37(25)30-22-27(42-20-17-38-23-33(42)45)9-14-31(30)43(36(37)47)18-7-6-8-34(46)49-3/h9-14,22,24-25,32,35,38,44H,6-8,15-21,23H2,1-5H3/t25-,32+,35-,37+/m0/s1. The van der Waals surface area contributed by atoms with Crippen molar-refractivity contribution in [1.82, 2.24) is 20.3 Å². The summed E-state index contributed by atoms with van der Waals surface area (Å²) < 4.78 is 19.4. The van der Waals surface area contributed by atoms with E-state index in [2.05, 4.69) is 47.8 Å².